The van der Waals surface area contributed by atoms with E-state index in [1.165, 1.54) is 11.2 Å². The Morgan fingerprint density at radius 3 is 2.88 bits per heavy atom. The van der Waals surface area contributed by atoms with Crippen LogP contribution in [0.25, 0.3) is 11.0 Å². The zero-order valence-electron chi connectivity index (χ0n) is 13.7. The molecule has 1 unspecified atom stereocenters. The van der Waals surface area contributed by atoms with E-state index in [-0.39, 0.29) is 18.5 Å². The summed E-state index contributed by atoms with van der Waals surface area (Å²) >= 11 is 0. The van der Waals surface area contributed by atoms with Crippen LogP contribution in [0.5, 0.6) is 0 Å². The highest BCUT2D eigenvalue weighted by Crippen LogP contribution is 2.57. The van der Waals surface area contributed by atoms with Gasteiger partial charge in [0.1, 0.15) is 17.8 Å². The van der Waals surface area contributed by atoms with Gasteiger partial charge in [0.25, 0.3) is 5.92 Å². The van der Waals surface area contributed by atoms with Crippen LogP contribution in [0.3, 0.4) is 0 Å². The van der Waals surface area contributed by atoms with Crippen LogP contribution < -0.4 is 5.32 Å². The number of rotatable bonds is 3. The van der Waals surface area contributed by atoms with Gasteiger partial charge in [0.2, 0.25) is 0 Å². The van der Waals surface area contributed by atoms with E-state index in [2.05, 4.69) is 20.3 Å². The summed E-state index contributed by atoms with van der Waals surface area (Å²) in [6, 6.07) is -0.151. The summed E-state index contributed by atoms with van der Waals surface area (Å²) in [5.41, 5.74) is 1.02. The van der Waals surface area contributed by atoms with Gasteiger partial charge in [-0.2, -0.15) is 0 Å². The molecule has 1 amide bonds. The molecule has 4 rings (SSSR count). The number of nitrogens with one attached hydrogen (secondary N) is 2. The minimum atomic E-state index is -2.68. The first-order valence-corrected chi connectivity index (χ1v) is 8.32. The zero-order valence-corrected chi connectivity index (χ0v) is 13.7. The molecule has 7 nitrogen and oxygen atoms in total. The molecule has 1 aliphatic heterocycles. The van der Waals surface area contributed by atoms with Crippen molar-refractivity contribution in [1.29, 1.82) is 0 Å². The topological polar surface area (TPSA) is 94.1 Å². The number of anilines is 1. The second-order valence-corrected chi connectivity index (χ2v) is 6.91. The normalized spacial score (nSPS) is 28.1. The number of aromatic nitrogens is 3. The number of piperidine rings is 1. The van der Waals surface area contributed by atoms with Gasteiger partial charge in [-0.05, 0) is 25.3 Å². The molecule has 0 radical (unpaired) electrons. The van der Waals surface area contributed by atoms with E-state index in [0.29, 0.717) is 29.0 Å². The molecule has 2 aliphatic rings. The first-order valence-electron chi connectivity index (χ1n) is 8.32. The van der Waals surface area contributed by atoms with Crippen LogP contribution >= 0.6 is 0 Å². The van der Waals surface area contributed by atoms with Gasteiger partial charge >= 0.3 is 6.09 Å². The Bertz CT molecular complexity index is 824. The maximum absolute atomic E-state index is 13.5. The van der Waals surface area contributed by atoms with Gasteiger partial charge in [0, 0.05) is 31.2 Å². The fourth-order valence-corrected chi connectivity index (χ4v) is 3.61. The lowest BCUT2D eigenvalue weighted by atomic mass is 9.99. The van der Waals surface area contributed by atoms with E-state index in [4.69, 9.17) is 0 Å². The predicted molar refractivity (Wildman–Crippen MR) is 87.0 cm³/mol. The Hall–Kier alpha value is -2.45. The molecule has 2 fully saturated rings. The third-order valence-electron chi connectivity index (χ3n) is 5.17. The smallest absolute Gasteiger partial charge is 0.407 e. The summed E-state index contributed by atoms with van der Waals surface area (Å²) in [7, 11) is 0. The van der Waals surface area contributed by atoms with Crippen molar-refractivity contribution < 1.29 is 18.7 Å². The average molecular weight is 351 g/mol. The lowest BCUT2D eigenvalue weighted by Crippen LogP contribution is -2.49. The fraction of sp³-hybridized carbons (Fsp3) is 0.562. The van der Waals surface area contributed by atoms with Crippen molar-refractivity contribution >= 4 is 22.9 Å². The first kappa shape index (κ1) is 16.0. The number of fused-ring (bicyclic) bond motifs is 1. The molecule has 0 bridgehead atoms. The monoisotopic (exact) mass is 351 g/mol. The Balaban J connectivity index is 1.62. The number of hydrogen-bond acceptors (Lipinski definition) is 4. The van der Waals surface area contributed by atoms with Crippen LogP contribution in [0.4, 0.5) is 19.4 Å². The third kappa shape index (κ3) is 2.77. The minimum absolute atomic E-state index is 0.0334. The number of hydrogen-bond donors (Lipinski definition) is 3. The largest absolute Gasteiger partial charge is 0.465 e. The van der Waals surface area contributed by atoms with Crippen LogP contribution in [0.2, 0.25) is 0 Å². The number of carbonyl (C=O) groups is 1. The molecule has 3 atom stereocenters. The van der Waals surface area contributed by atoms with Crippen molar-refractivity contribution in [1.82, 2.24) is 19.9 Å². The molecule has 9 heteroatoms. The summed E-state index contributed by atoms with van der Waals surface area (Å²) in [4.78, 5) is 24.0. The maximum Gasteiger partial charge on any atom is 0.407 e. The van der Waals surface area contributed by atoms with Crippen LogP contribution in [-0.2, 0) is 0 Å². The van der Waals surface area contributed by atoms with E-state index in [0.717, 1.165) is 12.8 Å². The summed E-state index contributed by atoms with van der Waals surface area (Å²) in [6.45, 7) is 2.22. The molecular weight excluding hydrogens is 332 g/mol. The van der Waals surface area contributed by atoms with Gasteiger partial charge < -0.3 is 20.3 Å². The number of H-pyrrole nitrogens is 1. The average Bonchev–Trinajstić information content (AvgIpc) is 3.00. The second kappa shape index (κ2) is 5.53. The van der Waals surface area contributed by atoms with Gasteiger partial charge in [-0.15, -0.1) is 0 Å². The third-order valence-corrected chi connectivity index (χ3v) is 5.17. The molecule has 3 N–H and O–H groups in total. The molecule has 0 aromatic carbocycles. The summed E-state index contributed by atoms with van der Waals surface area (Å²) in [5.74, 6) is -3.01. The molecule has 3 heterocycles. The molecule has 25 heavy (non-hydrogen) atoms. The summed E-state index contributed by atoms with van der Waals surface area (Å²) in [6.07, 6.45) is 3.35. The number of nitrogens with zero attached hydrogens (tertiary/aromatic N) is 3. The number of halogens is 2. The van der Waals surface area contributed by atoms with Crippen LogP contribution in [-0.4, -0.2) is 55.6 Å². The Morgan fingerprint density at radius 1 is 1.44 bits per heavy atom. The number of carboxylic acid groups (broad SMARTS) is 1. The molecule has 0 spiro atoms. The van der Waals surface area contributed by atoms with E-state index in [1.807, 2.05) is 6.92 Å². The van der Waals surface area contributed by atoms with E-state index < -0.39 is 17.9 Å². The molecule has 134 valence electrons. The number of aromatic amines is 1. The molecule has 2 aromatic heterocycles. The van der Waals surface area contributed by atoms with Crippen molar-refractivity contribution in [2.75, 3.05) is 11.9 Å². The van der Waals surface area contributed by atoms with Crippen LogP contribution in [0, 0.1) is 0 Å². The summed E-state index contributed by atoms with van der Waals surface area (Å²) in [5, 5.41) is 13.1. The standard InChI is InChI=1S/C16H19F2N5O2/c1-8-2-3-9(6-23(8)15(24)25)22-14-12-10(11-4-16(11,17)18)5-19-13(12)20-7-21-14/h5,7-9,11H,2-4,6H2,1H3,(H,24,25)(H2,19,20,21,22)/t8-,9+,11?/m0/s1. The van der Waals surface area contributed by atoms with E-state index >= 15 is 0 Å². The number of amides is 1. The second-order valence-electron chi connectivity index (χ2n) is 6.91. The van der Waals surface area contributed by atoms with Gasteiger partial charge in [0.05, 0.1) is 11.3 Å². The number of alkyl halides is 2. The minimum Gasteiger partial charge on any atom is -0.465 e. The van der Waals surface area contributed by atoms with Crippen molar-refractivity contribution in [2.45, 2.75) is 50.1 Å². The molecular formula is C16H19F2N5O2. The highest BCUT2D eigenvalue weighted by molar-refractivity contribution is 5.91. The summed E-state index contributed by atoms with van der Waals surface area (Å²) < 4.78 is 27.0. The van der Waals surface area contributed by atoms with Gasteiger partial charge in [-0.3, -0.25) is 0 Å². The number of likely N-dealkylation sites (tertiary alicyclic amines) is 1. The Morgan fingerprint density at radius 2 is 2.20 bits per heavy atom. The van der Waals surface area contributed by atoms with Crippen LogP contribution in [0.15, 0.2) is 12.5 Å². The molecule has 1 saturated heterocycles. The van der Waals surface area contributed by atoms with Gasteiger partial charge in [0.15, 0.2) is 0 Å². The maximum atomic E-state index is 13.5. The molecule has 1 aliphatic carbocycles. The highest BCUT2D eigenvalue weighted by atomic mass is 19.3. The van der Waals surface area contributed by atoms with Crippen molar-refractivity contribution in [3.63, 3.8) is 0 Å². The first-order chi connectivity index (χ1) is 11.9. The Kier molecular flexibility index (Phi) is 3.55. The highest BCUT2D eigenvalue weighted by Gasteiger charge is 2.58. The predicted octanol–water partition coefficient (Wildman–Crippen LogP) is 3.02. The Labute approximate surface area is 142 Å². The van der Waals surface area contributed by atoms with E-state index in [1.54, 1.807) is 6.20 Å². The lowest BCUT2D eigenvalue weighted by molar-refractivity contribution is 0.108. The molecule has 2 aromatic rings. The van der Waals surface area contributed by atoms with Crippen molar-refractivity contribution in [3.8, 4) is 0 Å². The lowest BCUT2D eigenvalue weighted by Gasteiger charge is -2.36. The molecule has 1 saturated carbocycles. The fourth-order valence-electron chi connectivity index (χ4n) is 3.61. The quantitative estimate of drug-likeness (QED) is 0.790. The van der Waals surface area contributed by atoms with Crippen molar-refractivity contribution in [2.24, 2.45) is 0 Å². The van der Waals surface area contributed by atoms with Gasteiger partial charge in [-0.1, -0.05) is 0 Å². The van der Waals surface area contributed by atoms with Gasteiger partial charge in [-0.25, -0.2) is 23.5 Å². The van der Waals surface area contributed by atoms with E-state index in [9.17, 15) is 18.7 Å². The SMILES string of the molecule is C[C@H]1CC[C@@H](Nc2ncnc3[nH]cc(C4CC4(F)F)c23)CN1C(=O)O. The van der Waals surface area contributed by atoms with Crippen molar-refractivity contribution in [3.05, 3.63) is 18.1 Å². The van der Waals surface area contributed by atoms with Crippen LogP contribution in [0.1, 0.15) is 37.7 Å². The zero-order chi connectivity index (χ0) is 17.8.